The fourth-order valence-electron chi connectivity index (χ4n) is 3.25. The number of aliphatic carboxylic acids is 1. The maximum atomic E-state index is 12.5. The number of likely N-dealkylation sites (tertiary alicyclic amines) is 1. The highest BCUT2D eigenvalue weighted by Gasteiger charge is 2.53. The smallest absolute Gasteiger partial charge is 0.410 e. The van der Waals surface area contributed by atoms with Crippen LogP contribution in [0.2, 0.25) is 0 Å². The number of hydrogen-bond donors (Lipinski definition) is 1. The van der Waals surface area contributed by atoms with E-state index in [-0.39, 0.29) is 19.5 Å². The number of rotatable bonds is 6. The van der Waals surface area contributed by atoms with E-state index >= 15 is 0 Å². The van der Waals surface area contributed by atoms with E-state index in [0.29, 0.717) is 12.3 Å². The van der Waals surface area contributed by atoms with E-state index < -0.39 is 29.2 Å². The Hall–Kier alpha value is -2.15. The highest BCUT2D eigenvalue weighted by atomic mass is 16.6. The number of carbonyl (C=O) groups is 2. The van der Waals surface area contributed by atoms with E-state index in [1.165, 1.54) is 4.90 Å². The molecule has 150 valence electrons. The SMILES string of the molecule is CCCCO[C@@H]1CN(C(=O)OC(C)(C)C)CC[C@@]1(C(=O)O)c1ccccn1. The first kappa shape index (κ1) is 21.2. The van der Waals surface area contributed by atoms with Gasteiger partial charge in [-0.2, -0.15) is 0 Å². The van der Waals surface area contributed by atoms with Crippen LogP contribution in [0.1, 0.15) is 52.7 Å². The van der Waals surface area contributed by atoms with Crippen molar-refractivity contribution in [1.82, 2.24) is 9.88 Å². The first-order valence-electron chi connectivity index (χ1n) is 9.45. The van der Waals surface area contributed by atoms with E-state index in [4.69, 9.17) is 9.47 Å². The topological polar surface area (TPSA) is 89.0 Å². The second-order valence-electron chi connectivity index (χ2n) is 7.88. The molecule has 1 aliphatic heterocycles. The van der Waals surface area contributed by atoms with Crippen molar-refractivity contribution in [2.75, 3.05) is 19.7 Å². The molecule has 1 amide bonds. The fourth-order valence-corrected chi connectivity index (χ4v) is 3.25. The Morgan fingerprint density at radius 3 is 2.67 bits per heavy atom. The molecule has 7 nitrogen and oxygen atoms in total. The molecule has 1 fully saturated rings. The average Bonchev–Trinajstić information content (AvgIpc) is 2.61. The van der Waals surface area contributed by atoms with Crippen LogP contribution in [0, 0.1) is 0 Å². The van der Waals surface area contributed by atoms with Crippen molar-refractivity contribution in [3.8, 4) is 0 Å². The molecule has 0 saturated carbocycles. The first-order valence-corrected chi connectivity index (χ1v) is 9.45. The van der Waals surface area contributed by atoms with Crippen LogP contribution in [0.3, 0.4) is 0 Å². The molecule has 0 bridgehead atoms. The molecule has 2 rings (SSSR count). The third-order valence-corrected chi connectivity index (χ3v) is 4.68. The summed E-state index contributed by atoms with van der Waals surface area (Å²) < 4.78 is 11.4. The number of carboxylic acids is 1. The Kier molecular flexibility index (Phi) is 6.81. The lowest BCUT2D eigenvalue weighted by Crippen LogP contribution is -2.60. The number of carboxylic acid groups (broad SMARTS) is 1. The third kappa shape index (κ3) is 4.97. The van der Waals surface area contributed by atoms with Gasteiger partial charge in [-0.3, -0.25) is 9.78 Å². The zero-order valence-corrected chi connectivity index (χ0v) is 16.6. The van der Waals surface area contributed by atoms with E-state index in [0.717, 1.165) is 12.8 Å². The summed E-state index contributed by atoms with van der Waals surface area (Å²) in [5.74, 6) is -0.980. The summed E-state index contributed by atoms with van der Waals surface area (Å²) in [6, 6.07) is 5.24. The summed E-state index contributed by atoms with van der Waals surface area (Å²) in [7, 11) is 0. The highest BCUT2D eigenvalue weighted by molar-refractivity contribution is 5.82. The van der Waals surface area contributed by atoms with Crippen LogP contribution in [-0.2, 0) is 19.7 Å². The molecule has 1 aromatic rings. The first-order chi connectivity index (χ1) is 12.7. The number of unbranched alkanes of at least 4 members (excludes halogenated alkanes) is 1. The number of nitrogens with zero attached hydrogens (tertiary/aromatic N) is 2. The molecular weight excluding hydrogens is 348 g/mol. The maximum absolute atomic E-state index is 12.5. The molecule has 0 radical (unpaired) electrons. The summed E-state index contributed by atoms with van der Waals surface area (Å²) in [5.41, 5.74) is -1.44. The van der Waals surface area contributed by atoms with Crippen molar-refractivity contribution < 1.29 is 24.2 Å². The van der Waals surface area contributed by atoms with Gasteiger partial charge in [-0.15, -0.1) is 0 Å². The number of carbonyl (C=O) groups excluding carboxylic acids is 1. The molecular formula is C20H30N2O5. The largest absolute Gasteiger partial charge is 0.480 e. The van der Waals surface area contributed by atoms with Gasteiger partial charge in [0.2, 0.25) is 0 Å². The number of amides is 1. The lowest BCUT2D eigenvalue weighted by molar-refractivity contribution is -0.156. The Morgan fingerprint density at radius 1 is 1.37 bits per heavy atom. The van der Waals surface area contributed by atoms with Crippen LogP contribution in [0.5, 0.6) is 0 Å². The van der Waals surface area contributed by atoms with E-state index in [1.807, 2.05) is 6.92 Å². The van der Waals surface area contributed by atoms with Gasteiger partial charge in [0.15, 0.2) is 0 Å². The van der Waals surface area contributed by atoms with Gasteiger partial charge in [-0.05, 0) is 45.7 Å². The summed E-state index contributed by atoms with van der Waals surface area (Å²) >= 11 is 0. The van der Waals surface area contributed by atoms with E-state index in [2.05, 4.69) is 4.98 Å². The van der Waals surface area contributed by atoms with Gasteiger partial charge in [-0.25, -0.2) is 4.79 Å². The van der Waals surface area contributed by atoms with Gasteiger partial charge < -0.3 is 19.5 Å². The normalized spacial score (nSPS) is 23.1. The molecule has 2 heterocycles. The Balaban J connectivity index is 2.31. The summed E-state index contributed by atoms with van der Waals surface area (Å²) in [6.07, 6.45) is 2.41. The third-order valence-electron chi connectivity index (χ3n) is 4.68. The summed E-state index contributed by atoms with van der Waals surface area (Å²) in [6.45, 7) is 8.32. The summed E-state index contributed by atoms with van der Waals surface area (Å²) in [4.78, 5) is 30.7. The average molecular weight is 378 g/mol. The van der Waals surface area contributed by atoms with Crippen LogP contribution in [0.25, 0.3) is 0 Å². The molecule has 0 spiro atoms. The molecule has 0 unspecified atom stereocenters. The molecule has 1 aromatic heterocycles. The lowest BCUT2D eigenvalue weighted by atomic mass is 9.73. The van der Waals surface area contributed by atoms with Crippen LogP contribution in [0.4, 0.5) is 4.79 Å². The second kappa shape index (κ2) is 8.69. The van der Waals surface area contributed by atoms with Crippen LogP contribution in [-0.4, -0.2) is 58.5 Å². The van der Waals surface area contributed by atoms with E-state index in [1.54, 1.807) is 45.2 Å². The molecule has 1 N–H and O–H groups in total. The zero-order valence-electron chi connectivity index (χ0n) is 16.6. The molecule has 2 atom stereocenters. The predicted molar refractivity (Wildman–Crippen MR) is 101 cm³/mol. The van der Waals surface area contributed by atoms with Crippen LogP contribution in [0.15, 0.2) is 24.4 Å². The van der Waals surface area contributed by atoms with Gasteiger partial charge in [0, 0.05) is 19.3 Å². The number of hydrogen-bond acceptors (Lipinski definition) is 5. The minimum Gasteiger partial charge on any atom is -0.480 e. The number of aromatic nitrogens is 1. The van der Waals surface area contributed by atoms with Crippen molar-refractivity contribution in [2.45, 2.75) is 64.1 Å². The van der Waals surface area contributed by atoms with Crippen LogP contribution >= 0.6 is 0 Å². The minimum absolute atomic E-state index is 0.154. The van der Waals surface area contributed by atoms with Crippen molar-refractivity contribution >= 4 is 12.1 Å². The van der Waals surface area contributed by atoms with Gasteiger partial charge in [0.1, 0.15) is 11.0 Å². The Morgan fingerprint density at radius 2 is 2.11 bits per heavy atom. The maximum Gasteiger partial charge on any atom is 0.410 e. The summed E-state index contributed by atoms with van der Waals surface area (Å²) in [5, 5.41) is 10.1. The number of pyridine rings is 1. The monoisotopic (exact) mass is 378 g/mol. The lowest BCUT2D eigenvalue weighted by Gasteiger charge is -2.44. The number of ether oxygens (including phenoxy) is 2. The van der Waals surface area contributed by atoms with Gasteiger partial charge in [0.25, 0.3) is 0 Å². The molecule has 7 heteroatoms. The van der Waals surface area contributed by atoms with Gasteiger partial charge in [-0.1, -0.05) is 19.4 Å². The number of piperidine rings is 1. The predicted octanol–water partition coefficient (Wildman–Crippen LogP) is 3.23. The van der Waals surface area contributed by atoms with E-state index in [9.17, 15) is 14.7 Å². The highest BCUT2D eigenvalue weighted by Crippen LogP contribution is 2.37. The van der Waals surface area contributed by atoms with Crippen molar-refractivity contribution in [3.63, 3.8) is 0 Å². The minimum atomic E-state index is -1.28. The van der Waals surface area contributed by atoms with Crippen molar-refractivity contribution in [2.24, 2.45) is 0 Å². The second-order valence-corrected chi connectivity index (χ2v) is 7.88. The fraction of sp³-hybridized carbons (Fsp3) is 0.650. The molecule has 0 aromatic carbocycles. The standard InChI is InChI=1S/C20H30N2O5/c1-5-6-13-26-16-14-22(18(25)27-19(2,3)4)12-10-20(16,17(23)24)15-9-7-8-11-21-15/h7-9,11,16H,5-6,10,12-14H2,1-4H3,(H,23,24)/t16-,20-/m1/s1. The quantitative estimate of drug-likeness (QED) is 0.765. The van der Waals surface area contributed by atoms with Crippen molar-refractivity contribution in [3.05, 3.63) is 30.1 Å². The Bertz CT molecular complexity index is 644. The molecule has 27 heavy (non-hydrogen) atoms. The van der Waals surface area contributed by atoms with Crippen molar-refractivity contribution in [1.29, 1.82) is 0 Å². The molecule has 1 saturated heterocycles. The Labute approximate surface area is 160 Å². The van der Waals surface area contributed by atoms with Crippen LogP contribution < -0.4 is 0 Å². The molecule has 0 aliphatic carbocycles. The zero-order chi connectivity index (χ0) is 20.1. The van der Waals surface area contributed by atoms with Gasteiger partial charge >= 0.3 is 12.1 Å². The molecule has 1 aliphatic rings. The van der Waals surface area contributed by atoms with Gasteiger partial charge in [0.05, 0.1) is 18.3 Å².